The second-order valence-electron chi connectivity index (χ2n) is 4.22. The lowest BCUT2D eigenvalue weighted by molar-refractivity contribution is -0.151. The third-order valence-electron chi connectivity index (χ3n) is 3.46. The lowest BCUT2D eigenvalue weighted by Crippen LogP contribution is -2.34. The molecule has 76 valence electrons. The van der Waals surface area contributed by atoms with Gasteiger partial charge in [-0.25, -0.2) is 0 Å². The molecule has 0 aromatic heterocycles. The van der Waals surface area contributed by atoms with Crippen LogP contribution < -0.4 is 0 Å². The maximum Gasteiger partial charge on any atom is 0.316 e. The Bertz CT molecular complexity index is 303. The first-order valence-electron chi connectivity index (χ1n) is 5.13. The van der Waals surface area contributed by atoms with Gasteiger partial charge in [-0.15, -0.1) is 0 Å². The first-order valence-corrected chi connectivity index (χ1v) is 5.13. The van der Waals surface area contributed by atoms with Crippen LogP contribution in [0.3, 0.4) is 0 Å². The van der Waals surface area contributed by atoms with E-state index in [0.29, 0.717) is 11.8 Å². The molecule has 0 aromatic rings. The second kappa shape index (κ2) is 3.26. The fourth-order valence-corrected chi connectivity index (χ4v) is 2.87. The summed E-state index contributed by atoms with van der Waals surface area (Å²) in [4.78, 5) is 11.8. The van der Waals surface area contributed by atoms with Crippen molar-refractivity contribution in [3.63, 3.8) is 0 Å². The number of rotatable bonds is 2. The van der Waals surface area contributed by atoms with E-state index in [1.165, 1.54) is 7.11 Å². The van der Waals surface area contributed by atoms with E-state index in [1.807, 2.05) is 19.1 Å². The average molecular weight is 192 g/mol. The Morgan fingerprint density at radius 1 is 1.57 bits per heavy atom. The Hall–Kier alpha value is -1.05. The molecule has 2 rings (SSSR count). The largest absolute Gasteiger partial charge is 0.468 e. The molecule has 2 heteroatoms. The number of esters is 1. The number of allylic oxidation sites excluding steroid dienone is 3. The van der Waals surface area contributed by atoms with Gasteiger partial charge >= 0.3 is 5.97 Å². The third kappa shape index (κ3) is 1.13. The molecule has 0 aromatic carbocycles. The molecule has 0 saturated heterocycles. The fraction of sp³-hybridized carbons (Fsp3) is 0.583. The molecule has 3 atom stereocenters. The van der Waals surface area contributed by atoms with E-state index in [0.717, 1.165) is 12.8 Å². The molecule has 2 bridgehead atoms. The van der Waals surface area contributed by atoms with E-state index in [2.05, 4.69) is 12.2 Å². The van der Waals surface area contributed by atoms with Gasteiger partial charge in [0.15, 0.2) is 0 Å². The summed E-state index contributed by atoms with van der Waals surface area (Å²) in [7, 11) is 1.48. The Kier molecular flexibility index (Phi) is 2.22. The molecule has 2 aliphatic carbocycles. The van der Waals surface area contributed by atoms with Crippen LogP contribution >= 0.6 is 0 Å². The van der Waals surface area contributed by atoms with Crippen molar-refractivity contribution in [1.29, 1.82) is 0 Å². The van der Waals surface area contributed by atoms with Crippen LogP contribution in [0.1, 0.15) is 19.8 Å². The number of methoxy groups -OCH3 is 1. The maximum atomic E-state index is 11.8. The first kappa shape index (κ1) is 9.50. The molecule has 1 fully saturated rings. The predicted molar refractivity (Wildman–Crippen MR) is 54.6 cm³/mol. The second-order valence-corrected chi connectivity index (χ2v) is 4.22. The highest BCUT2D eigenvalue weighted by molar-refractivity contribution is 5.80. The molecule has 0 N–H and O–H groups in total. The molecule has 0 spiro atoms. The summed E-state index contributed by atoms with van der Waals surface area (Å²) in [5, 5.41) is 0. The summed E-state index contributed by atoms with van der Waals surface area (Å²) in [5.41, 5.74) is -0.358. The molecular formula is C12H16O2. The van der Waals surface area contributed by atoms with Crippen LogP contribution in [0.15, 0.2) is 24.3 Å². The molecule has 1 saturated carbocycles. The number of hydrogen-bond donors (Lipinski definition) is 0. The number of hydrogen-bond acceptors (Lipinski definition) is 2. The Labute approximate surface area is 84.6 Å². The Balaban J connectivity index is 2.33. The summed E-state index contributed by atoms with van der Waals surface area (Å²) < 4.78 is 4.92. The highest BCUT2D eigenvalue weighted by Crippen LogP contribution is 2.53. The van der Waals surface area contributed by atoms with E-state index < -0.39 is 0 Å². The van der Waals surface area contributed by atoms with Crippen molar-refractivity contribution in [3.05, 3.63) is 24.3 Å². The standard InChI is InChI=1S/C12H16O2/c1-3-6-12(11(13)14-2)8-9-4-5-10(12)7-9/h3-6,9-10H,7-8H2,1-2H3/b6-3+. The molecular weight excluding hydrogens is 176 g/mol. The molecule has 3 unspecified atom stereocenters. The third-order valence-corrected chi connectivity index (χ3v) is 3.46. The van der Waals surface area contributed by atoms with Gasteiger partial charge in [-0.2, -0.15) is 0 Å². The van der Waals surface area contributed by atoms with E-state index in [4.69, 9.17) is 4.74 Å². The predicted octanol–water partition coefficient (Wildman–Crippen LogP) is 2.32. The van der Waals surface area contributed by atoms with Crippen LogP contribution in [0, 0.1) is 17.3 Å². The molecule has 2 nitrogen and oxygen atoms in total. The van der Waals surface area contributed by atoms with Crippen LogP contribution in [0.2, 0.25) is 0 Å². The van der Waals surface area contributed by atoms with Crippen molar-refractivity contribution in [1.82, 2.24) is 0 Å². The molecule has 0 radical (unpaired) electrons. The smallest absolute Gasteiger partial charge is 0.316 e. The molecule has 2 aliphatic rings. The van der Waals surface area contributed by atoms with Crippen molar-refractivity contribution < 1.29 is 9.53 Å². The molecule has 0 aliphatic heterocycles. The van der Waals surface area contributed by atoms with Gasteiger partial charge in [0.25, 0.3) is 0 Å². The van der Waals surface area contributed by atoms with Crippen molar-refractivity contribution in [2.24, 2.45) is 17.3 Å². The molecule has 0 amide bonds. The minimum absolute atomic E-state index is 0.0764. The average Bonchev–Trinajstić information content (AvgIpc) is 2.77. The molecule has 14 heavy (non-hydrogen) atoms. The van der Waals surface area contributed by atoms with Crippen LogP contribution in [0.25, 0.3) is 0 Å². The highest BCUT2D eigenvalue weighted by Gasteiger charge is 2.52. The van der Waals surface area contributed by atoms with Crippen molar-refractivity contribution in [3.8, 4) is 0 Å². The van der Waals surface area contributed by atoms with Gasteiger partial charge in [0.2, 0.25) is 0 Å². The summed E-state index contributed by atoms with van der Waals surface area (Å²) in [6.07, 6.45) is 10.4. The Morgan fingerprint density at radius 3 is 2.79 bits per heavy atom. The quantitative estimate of drug-likeness (QED) is 0.495. The summed E-state index contributed by atoms with van der Waals surface area (Å²) in [6, 6.07) is 0. The van der Waals surface area contributed by atoms with Crippen LogP contribution in [0.5, 0.6) is 0 Å². The normalized spacial score (nSPS) is 39.6. The molecule has 0 heterocycles. The van der Waals surface area contributed by atoms with Crippen molar-refractivity contribution >= 4 is 5.97 Å². The van der Waals surface area contributed by atoms with Crippen molar-refractivity contribution in [2.45, 2.75) is 19.8 Å². The number of carbonyl (C=O) groups is 1. The minimum atomic E-state index is -0.358. The minimum Gasteiger partial charge on any atom is -0.468 e. The first-order chi connectivity index (χ1) is 6.73. The van der Waals surface area contributed by atoms with Gasteiger partial charge < -0.3 is 4.74 Å². The highest BCUT2D eigenvalue weighted by atomic mass is 16.5. The SMILES string of the molecule is C/C=C/C1(C(=O)OC)CC2C=CC1C2. The number of fused-ring (bicyclic) bond motifs is 2. The van der Waals surface area contributed by atoms with Gasteiger partial charge in [0.1, 0.15) is 0 Å². The van der Waals surface area contributed by atoms with E-state index >= 15 is 0 Å². The zero-order valence-electron chi connectivity index (χ0n) is 8.69. The van der Waals surface area contributed by atoms with E-state index in [-0.39, 0.29) is 11.4 Å². The van der Waals surface area contributed by atoms with Gasteiger partial charge in [0, 0.05) is 0 Å². The summed E-state index contributed by atoms with van der Waals surface area (Å²) in [5.74, 6) is 0.860. The van der Waals surface area contributed by atoms with Gasteiger partial charge in [0.05, 0.1) is 12.5 Å². The zero-order chi connectivity index (χ0) is 10.2. The van der Waals surface area contributed by atoms with Crippen LogP contribution in [-0.4, -0.2) is 13.1 Å². The Morgan fingerprint density at radius 2 is 2.36 bits per heavy atom. The van der Waals surface area contributed by atoms with Crippen LogP contribution in [0.4, 0.5) is 0 Å². The van der Waals surface area contributed by atoms with Gasteiger partial charge in [-0.3, -0.25) is 4.79 Å². The van der Waals surface area contributed by atoms with Gasteiger partial charge in [-0.1, -0.05) is 24.3 Å². The maximum absolute atomic E-state index is 11.8. The monoisotopic (exact) mass is 192 g/mol. The zero-order valence-corrected chi connectivity index (χ0v) is 8.69. The summed E-state index contributed by atoms with van der Waals surface area (Å²) in [6.45, 7) is 1.96. The van der Waals surface area contributed by atoms with Gasteiger partial charge in [-0.05, 0) is 31.6 Å². The lowest BCUT2D eigenvalue weighted by atomic mass is 9.75. The topological polar surface area (TPSA) is 26.3 Å². The lowest BCUT2D eigenvalue weighted by Gasteiger charge is -2.29. The van der Waals surface area contributed by atoms with E-state index in [1.54, 1.807) is 0 Å². The fourth-order valence-electron chi connectivity index (χ4n) is 2.87. The van der Waals surface area contributed by atoms with Crippen LogP contribution in [-0.2, 0) is 9.53 Å². The number of ether oxygens (including phenoxy) is 1. The number of carbonyl (C=O) groups excluding carboxylic acids is 1. The summed E-state index contributed by atoms with van der Waals surface area (Å²) >= 11 is 0. The van der Waals surface area contributed by atoms with E-state index in [9.17, 15) is 4.79 Å². The van der Waals surface area contributed by atoms with Crippen molar-refractivity contribution in [2.75, 3.05) is 7.11 Å².